The topological polar surface area (TPSA) is 52.3 Å². The lowest BCUT2D eigenvalue weighted by atomic mass is 9.95. The molecule has 12 heavy (non-hydrogen) atoms. The van der Waals surface area contributed by atoms with Gasteiger partial charge in [0.2, 0.25) is 0 Å². The van der Waals surface area contributed by atoms with Crippen LogP contribution in [0, 0.1) is 0 Å². The minimum Gasteiger partial charge on any atom is -0.445 e. The van der Waals surface area contributed by atoms with Gasteiger partial charge in [-0.1, -0.05) is 12.0 Å². The van der Waals surface area contributed by atoms with Crippen LogP contribution in [0.5, 0.6) is 0 Å². The zero-order chi connectivity index (χ0) is 8.81. The van der Waals surface area contributed by atoms with Crippen molar-refractivity contribution in [3.05, 3.63) is 11.6 Å². The highest BCUT2D eigenvalue weighted by atomic mass is 16.5. The highest BCUT2D eigenvalue weighted by Gasteiger charge is 2.04. The van der Waals surface area contributed by atoms with Crippen LogP contribution in [-0.2, 0) is 4.74 Å². The number of ether oxygens (including phenoxy) is 1. The first-order valence-corrected chi connectivity index (χ1v) is 4.39. The Kier molecular flexibility index (Phi) is 3.64. The van der Waals surface area contributed by atoms with E-state index in [1.165, 1.54) is 24.8 Å². The minimum absolute atomic E-state index is 0.338. The van der Waals surface area contributed by atoms with Gasteiger partial charge in [0.15, 0.2) is 0 Å². The van der Waals surface area contributed by atoms with Crippen molar-refractivity contribution in [2.75, 3.05) is 6.61 Å². The maximum atomic E-state index is 10.2. The van der Waals surface area contributed by atoms with Gasteiger partial charge >= 0.3 is 6.09 Å². The predicted molar refractivity (Wildman–Crippen MR) is 46.7 cm³/mol. The van der Waals surface area contributed by atoms with Crippen molar-refractivity contribution in [2.24, 2.45) is 5.73 Å². The second kappa shape index (κ2) is 4.80. The molecule has 0 spiro atoms. The second-order valence-electron chi connectivity index (χ2n) is 3.05. The first kappa shape index (κ1) is 9.10. The number of allylic oxidation sites excluding steroid dienone is 1. The third-order valence-electron chi connectivity index (χ3n) is 2.09. The van der Waals surface area contributed by atoms with Crippen LogP contribution in [0.2, 0.25) is 0 Å². The Morgan fingerprint density at radius 3 is 2.67 bits per heavy atom. The number of carbonyl (C=O) groups is 1. The van der Waals surface area contributed by atoms with E-state index in [1.807, 2.05) is 6.08 Å². The van der Waals surface area contributed by atoms with E-state index in [4.69, 9.17) is 5.73 Å². The number of rotatable bonds is 2. The van der Waals surface area contributed by atoms with Crippen LogP contribution in [-0.4, -0.2) is 12.7 Å². The number of amides is 1. The van der Waals surface area contributed by atoms with E-state index in [9.17, 15) is 4.79 Å². The summed E-state index contributed by atoms with van der Waals surface area (Å²) in [5.74, 6) is 0. The summed E-state index contributed by atoms with van der Waals surface area (Å²) < 4.78 is 4.61. The fourth-order valence-corrected chi connectivity index (χ4v) is 1.45. The van der Waals surface area contributed by atoms with E-state index in [-0.39, 0.29) is 0 Å². The molecular weight excluding hydrogens is 154 g/mol. The van der Waals surface area contributed by atoms with Crippen LogP contribution in [0.25, 0.3) is 0 Å². The number of carbonyl (C=O) groups excluding carboxylic acids is 1. The quantitative estimate of drug-likeness (QED) is 0.642. The Morgan fingerprint density at radius 2 is 2.08 bits per heavy atom. The van der Waals surface area contributed by atoms with Gasteiger partial charge in [-0.25, -0.2) is 4.79 Å². The second-order valence-corrected chi connectivity index (χ2v) is 3.05. The van der Waals surface area contributed by atoms with Crippen LogP contribution in [0.1, 0.15) is 32.1 Å². The van der Waals surface area contributed by atoms with Crippen LogP contribution >= 0.6 is 0 Å². The SMILES string of the molecule is NC(=O)OCC=C1CCCCC1. The predicted octanol–water partition coefficient (Wildman–Crippen LogP) is 1.97. The zero-order valence-electron chi connectivity index (χ0n) is 7.21. The van der Waals surface area contributed by atoms with Crippen molar-refractivity contribution in [1.82, 2.24) is 0 Å². The van der Waals surface area contributed by atoms with Gasteiger partial charge in [0, 0.05) is 0 Å². The lowest BCUT2D eigenvalue weighted by molar-refractivity contribution is 0.169. The smallest absolute Gasteiger partial charge is 0.404 e. The van der Waals surface area contributed by atoms with Crippen molar-refractivity contribution in [3.63, 3.8) is 0 Å². The molecule has 1 aliphatic rings. The van der Waals surface area contributed by atoms with Crippen molar-refractivity contribution in [2.45, 2.75) is 32.1 Å². The maximum Gasteiger partial charge on any atom is 0.404 e. The molecule has 0 saturated heterocycles. The van der Waals surface area contributed by atoms with E-state index < -0.39 is 6.09 Å². The summed E-state index contributed by atoms with van der Waals surface area (Å²) in [5.41, 5.74) is 6.22. The Labute approximate surface area is 72.6 Å². The van der Waals surface area contributed by atoms with E-state index in [0.717, 1.165) is 12.8 Å². The van der Waals surface area contributed by atoms with Crippen LogP contribution in [0.3, 0.4) is 0 Å². The number of hydrogen-bond acceptors (Lipinski definition) is 2. The molecule has 0 aromatic rings. The van der Waals surface area contributed by atoms with Crippen molar-refractivity contribution >= 4 is 6.09 Å². The first-order chi connectivity index (χ1) is 5.79. The molecule has 0 aromatic carbocycles. The van der Waals surface area contributed by atoms with Crippen molar-refractivity contribution < 1.29 is 9.53 Å². The third-order valence-corrected chi connectivity index (χ3v) is 2.09. The van der Waals surface area contributed by atoms with Gasteiger partial charge in [-0.15, -0.1) is 0 Å². The maximum absolute atomic E-state index is 10.2. The monoisotopic (exact) mass is 169 g/mol. The summed E-state index contributed by atoms with van der Waals surface area (Å²) in [4.78, 5) is 10.2. The average molecular weight is 169 g/mol. The van der Waals surface area contributed by atoms with Gasteiger partial charge < -0.3 is 10.5 Å². The molecule has 0 heterocycles. The molecule has 1 rings (SSSR count). The average Bonchev–Trinajstić information content (AvgIpc) is 2.05. The van der Waals surface area contributed by atoms with Gasteiger partial charge in [0.1, 0.15) is 6.61 Å². The Bertz CT molecular complexity index is 179. The summed E-state index contributed by atoms with van der Waals surface area (Å²) >= 11 is 0. The molecule has 0 atom stereocenters. The molecule has 3 heteroatoms. The summed E-state index contributed by atoms with van der Waals surface area (Å²) in [6, 6.07) is 0. The van der Waals surface area contributed by atoms with Gasteiger partial charge in [-0.3, -0.25) is 0 Å². The molecule has 3 nitrogen and oxygen atoms in total. The van der Waals surface area contributed by atoms with Gasteiger partial charge in [-0.2, -0.15) is 0 Å². The lowest BCUT2D eigenvalue weighted by Crippen LogP contribution is -2.13. The van der Waals surface area contributed by atoms with Gasteiger partial charge in [-0.05, 0) is 31.8 Å². The van der Waals surface area contributed by atoms with Gasteiger partial charge in [0.05, 0.1) is 0 Å². The Hall–Kier alpha value is -0.990. The molecule has 1 saturated carbocycles. The summed E-state index contributed by atoms with van der Waals surface area (Å²) in [5, 5.41) is 0. The molecule has 1 fully saturated rings. The summed E-state index contributed by atoms with van der Waals surface area (Å²) in [6.07, 6.45) is 7.45. The van der Waals surface area contributed by atoms with Crippen molar-refractivity contribution in [3.8, 4) is 0 Å². The van der Waals surface area contributed by atoms with E-state index in [1.54, 1.807) is 0 Å². The molecule has 0 aromatic heterocycles. The van der Waals surface area contributed by atoms with Gasteiger partial charge in [0.25, 0.3) is 0 Å². The highest BCUT2D eigenvalue weighted by Crippen LogP contribution is 2.22. The standard InChI is InChI=1S/C9H15NO2/c10-9(11)12-7-6-8-4-2-1-3-5-8/h6H,1-5,7H2,(H2,10,11). The molecule has 2 N–H and O–H groups in total. The van der Waals surface area contributed by atoms with Crippen LogP contribution in [0.4, 0.5) is 4.79 Å². The summed E-state index contributed by atoms with van der Waals surface area (Å²) in [7, 11) is 0. The molecule has 0 radical (unpaired) electrons. The fourth-order valence-electron chi connectivity index (χ4n) is 1.45. The largest absolute Gasteiger partial charge is 0.445 e. The Balaban J connectivity index is 2.20. The van der Waals surface area contributed by atoms with Crippen LogP contribution < -0.4 is 5.73 Å². The molecule has 68 valence electrons. The first-order valence-electron chi connectivity index (χ1n) is 4.39. The van der Waals surface area contributed by atoms with Crippen molar-refractivity contribution in [1.29, 1.82) is 0 Å². The fraction of sp³-hybridized carbons (Fsp3) is 0.667. The molecule has 1 amide bonds. The van der Waals surface area contributed by atoms with E-state index >= 15 is 0 Å². The zero-order valence-corrected chi connectivity index (χ0v) is 7.21. The number of primary amides is 1. The molecule has 0 unspecified atom stereocenters. The van der Waals surface area contributed by atoms with Crippen LogP contribution in [0.15, 0.2) is 11.6 Å². The lowest BCUT2D eigenvalue weighted by Gasteiger charge is -2.12. The molecule has 0 bridgehead atoms. The Morgan fingerprint density at radius 1 is 1.42 bits per heavy atom. The third kappa shape index (κ3) is 3.42. The molecule has 1 aliphatic carbocycles. The summed E-state index contributed by atoms with van der Waals surface area (Å²) in [6.45, 7) is 0.338. The highest BCUT2D eigenvalue weighted by molar-refractivity contribution is 5.64. The number of hydrogen-bond donors (Lipinski definition) is 1. The molecular formula is C9H15NO2. The van der Waals surface area contributed by atoms with E-state index in [2.05, 4.69) is 4.74 Å². The van der Waals surface area contributed by atoms with E-state index in [0.29, 0.717) is 6.61 Å². The minimum atomic E-state index is -0.692. The molecule has 0 aliphatic heterocycles. The normalized spacial score (nSPS) is 17.2. The number of nitrogens with two attached hydrogens (primary N) is 1.